The predicted molar refractivity (Wildman–Crippen MR) is 14.0 cm³/mol. The van der Waals surface area contributed by atoms with Crippen LogP contribution in [0.3, 0.4) is 0 Å². The fraction of sp³-hybridized carbons (Fsp3) is 1.00. The molecule has 0 aromatic carbocycles. The maximum atomic E-state index is 7.00. The van der Waals surface area contributed by atoms with Crippen LogP contribution in [0.15, 0.2) is 0 Å². The molecule has 0 aliphatic rings. The van der Waals surface area contributed by atoms with Crippen molar-refractivity contribution in [3.8, 4) is 0 Å². The number of aliphatic hydroxyl groups excluding tert-OH is 1. The molecule has 0 saturated carbocycles. The Balaban J connectivity index is 0. The molecule has 29 valence electrons. The molecule has 4 heavy (non-hydrogen) atoms. The van der Waals surface area contributed by atoms with E-state index < -0.39 is 0 Å². The van der Waals surface area contributed by atoms with Gasteiger partial charge in [0, 0.05) is 7.11 Å². The Morgan fingerprint density at radius 2 is 1.50 bits per heavy atom. The van der Waals surface area contributed by atoms with Crippen molar-refractivity contribution in [3.63, 3.8) is 0 Å². The Labute approximate surface area is 39.7 Å². The zero-order valence-corrected chi connectivity index (χ0v) is 4.67. The van der Waals surface area contributed by atoms with Crippen molar-refractivity contribution in [2.75, 3.05) is 7.11 Å². The van der Waals surface area contributed by atoms with Gasteiger partial charge in [-0.05, 0) is 0 Å². The summed E-state index contributed by atoms with van der Waals surface area (Å²) in [6.07, 6.45) is 0. The fourth-order valence-electron chi connectivity index (χ4n) is 0. The van der Waals surface area contributed by atoms with Gasteiger partial charge in [-0.2, -0.15) is 0 Å². The van der Waals surface area contributed by atoms with Crippen molar-refractivity contribution < 1.29 is 22.4 Å². The van der Waals surface area contributed by atoms with Crippen LogP contribution in [0.4, 0.5) is 0 Å². The third kappa shape index (κ3) is 13.2. The summed E-state index contributed by atoms with van der Waals surface area (Å²) in [7, 11) is 5.57. The molecule has 0 spiro atoms. The van der Waals surface area contributed by atoms with Gasteiger partial charge in [-0.15, -0.1) is 0 Å². The molecular formula is CH4ClORu. The SMILES string of the molecule is CO.[Cl][Ru]. The van der Waals surface area contributed by atoms with Crippen LogP contribution < -0.4 is 0 Å². The van der Waals surface area contributed by atoms with Crippen LogP contribution in [-0.4, -0.2) is 12.2 Å². The Hall–Kier alpha value is 0.873. The van der Waals surface area contributed by atoms with Gasteiger partial charge in [-0.3, -0.25) is 0 Å². The molecule has 0 aromatic rings. The van der Waals surface area contributed by atoms with Gasteiger partial charge >= 0.3 is 27.0 Å². The molecule has 0 heterocycles. The number of aliphatic hydroxyl groups is 1. The third-order valence-corrected chi connectivity index (χ3v) is 0. The number of halogens is 1. The first-order valence-electron chi connectivity index (χ1n) is 0.581. The van der Waals surface area contributed by atoms with Crippen molar-refractivity contribution in [1.82, 2.24) is 0 Å². The van der Waals surface area contributed by atoms with E-state index in [2.05, 4.69) is 9.69 Å². The van der Waals surface area contributed by atoms with E-state index in [1.807, 2.05) is 17.3 Å². The van der Waals surface area contributed by atoms with Crippen LogP contribution in [0.5, 0.6) is 0 Å². The van der Waals surface area contributed by atoms with E-state index in [1.165, 1.54) is 0 Å². The van der Waals surface area contributed by atoms with Gasteiger partial charge in [-0.25, -0.2) is 0 Å². The minimum atomic E-state index is 1.00. The summed E-state index contributed by atoms with van der Waals surface area (Å²) in [6.45, 7) is 0. The normalized spacial score (nSPS) is 3.00. The first-order chi connectivity index (χ1) is 2.00. The summed E-state index contributed by atoms with van der Waals surface area (Å²) < 4.78 is 0. The summed E-state index contributed by atoms with van der Waals surface area (Å²) in [5, 5.41) is 7.00. The average Bonchev–Trinajstić information content (AvgIpc) is 1.50. The minimum absolute atomic E-state index is 1.00. The van der Waals surface area contributed by atoms with Crippen molar-refractivity contribution in [1.29, 1.82) is 0 Å². The van der Waals surface area contributed by atoms with Crippen LogP contribution in [0.25, 0.3) is 0 Å². The topological polar surface area (TPSA) is 20.2 Å². The molecular weight excluding hydrogens is 165 g/mol. The van der Waals surface area contributed by atoms with Gasteiger partial charge in [0.15, 0.2) is 0 Å². The van der Waals surface area contributed by atoms with E-state index in [0.29, 0.717) is 0 Å². The fourth-order valence-corrected chi connectivity index (χ4v) is 0. The third-order valence-electron chi connectivity index (χ3n) is 0. The summed E-state index contributed by atoms with van der Waals surface area (Å²) in [5.41, 5.74) is 0. The summed E-state index contributed by atoms with van der Waals surface area (Å²) in [4.78, 5) is 0. The molecule has 0 unspecified atom stereocenters. The van der Waals surface area contributed by atoms with Gasteiger partial charge in [-0.1, -0.05) is 0 Å². The van der Waals surface area contributed by atoms with E-state index in [0.717, 1.165) is 7.11 Å². The van der Waals surface area contributed by atoms with Crippen LogP contribution in [0.2, 0.25) is 0 Å². The Kier molecular flexibility index (Phi) is 92.8. The molecule has 0 radical (unpaired) electrons. The molecule has 0 amide bonds. The van der Waals surface area contributed by atoms with Crippen molar-refractivity contribution in [2.45, 2.75) is 0 Å². The number of rotatable bonds is 0. The summed E-state index contributed by atoms with van der Waals surface area (Å²) in [5.74, 6) is 0. The van der Waals surface area contributed by atoms with E-state index >= 15 is 0 Å². The van der Waals surface area contributed by atoms with Gasteiger partial charge in [0.05, 0.1) is 0 Å². The van der Waals surface area contributed by atoms with E-state index in [1.54, 1.807) is 0 Å². The van der Waals surface area contributed by atoms with Gasteiger partial charge in [0.25, 0.3) is 0 Å². The first-order valence-corrected chi connectivity index (χ1v) is 2.82. The Morgan fingerprint density at radius 3 is 1.50 bits per heavy atom. The van der Waals surface area contributed by atoms with Gasteiger partial charge in [0.2, 0.25) is 0 Å². The average molecular weight is 169 g/mol. The Morgan fingerprint density at radius 1 is 1.50 bits per heavy atom. The Bertz CT molecular complexity index is 8.00. The molecule has 1 nitrogen and oxygen atoms in total. The van der Waals surface area contributed by atoms with Crippen LogP contribution in [0.1, 0.15) is 0 Å². The molecule has 0 aromatic heterocycles. The van der Waals surface area contributed by atoms with Crippen LogP contribution in [-0.2, 0) is 17.3 Å². The first kappa shape index (κ1) is 8.86. The molecule has 0 fully saturated rings. The molecule has 0 saturated heterocycles. The maximum absolute atomic E-state index is 7.00. The van der Waals surface area contributed by atoms with E-state index in [9.17, 15) is 0 Å². The van der Waals surface area contributed by atoms with E-state index in [-0.39, 0.29) is 0 Å². The molecule has 3 heteroatoms. The second kappa shape index (κ2) is 41.9. The second-order valence-corrected chi connectivity index (χ2v) is 0. The molecule has 1 N–H and O–H groups in total. The summed E-state index contributed by atoms with van der Waals surface area (Å²) >= 11 is 1.82. The van der Waals surface area contributed by atoms with Crippen molar-refractivity contribution >= 4 is 9.69 Å². The van der Waals surface area contributed by atoms with Crippen molar-refractivity contribution in [2.24, 2.45) is 0 Å². The molecule has 0 bridgehead atoms. The zero-order chi connectivity index (χ0) is 4.00. The number of hydrogen-bond donors (Lipinski definition) is 1. The molecule has 0 aliphatic carbocycles. The van der Waals surface area contributed by atoms with E-state index in [4.69, 9.17) is 5.11 Å². The van der Waals surface area contributed by atoms with Crippen molar-refractivity contribution in [3.05, 3.63) is 0 Å². The molecule has 0 aliphatic heterocycles. The van der Waals surface area contributed by atoms with Gasteiger partial charge < -0.3 is 5.11 Å². The predicted octanol–water partition coefficient (Wildman–Crippen LogP) is 0.295. The second-order valence-electron chi connectivity index (χ2n) is 0. The molecule has 0 atom stereocenters. The summed E-state index contributed by atoms with van der Waals surface area (Å²) in [6, 6.07) is 0. The monoisotopic (exact) mass is 169 g/mol. The standard InChI is InChI=1S/CH4O.ClH.Ru/c1-2;;/h2H,1H3;1H;/q;;+1/p-1. The molecule has 0 rings (SSSR count). The zero-order valence-electron chi connectivity index (χ0n) is 2.18. The number of hydrogen-bond acceptors (Lipinski definition) is 1. The van der Waals surface area contributed by atoms with Gasteiger partial charge in [0.1, 0.15) is 0 Å². The van der Waals surface area contributed by atoms with Crippen LogP contribution in [0, 0.1) is 0 Å². The quantitative estimate of drug-likeness (QED) is 0.516. The van der Waals surface area contributed by atoms with Crippen LogP contribution >= 0.6 is 9.69 Å².